The van der Waals surface area contributed by atoms with Crippen LogP contribution in [-0.4, -0.2) is 18.4 Å². The van der Waals surface area contributed by atoms with E-state index in [1.165, 1.54) is 25.7 Å². The highest BCUT2D eigenvalue weighted by atomic mass is 15.1. The Labute approximate surface area is 55.4 Å². The lowest BCUT2D eigenvalue weighted by Gasteiger charge is -2.22. The van der Waals surface area contributed by atoms with Gasteiger partial charge in [-0.25, -0.2) is 0 Å². The van der Waals surface area contributed by atoms with E-state index in [1.54, 1.807) is 0 Å². The molecule has 0 aromatic heterocycles. The van der Waals surface area contributed by atoms with E-state index in [1.807, 2.05) is 0 Å². The van der Waals surface area contributed by atoms with Crippen molar-refractivity contribution in [3.8, 4) is 0 Å². The first-order valence-electron chi connectivity index (χ1n) is 3.67. The standard InChI is InChI=1S/C7H11N2/c1-2-4-7-6(3-1)8-5-9-7/h6-7H,1-4H2,(H,8,9). The lowest BCUT2D eigenvalue weighted by atomic mass is 9.92. The molecule has 0 amide bonds. The first kappa shape index (κ1) is 5.27. The van der Waals surface area contributed by atoms with Gasteiger partial charge in [-0.3, -0.25) is 4.99 Å². The molecule has 0 spiro atoms. The van der Waals surface area contributed by atoms with Gasteiger partial charge in [-0.15, -0.1) is 0 Å². The van der Waals surface area contributed by atoms with Gasteiger partial charge in [0.05, 0.1) is 12.1 Å². The molecule has 2 rings (SSSR count). The van der Waals surface area contributed by atoms with Gasteiger partial charge in [-0.2, -0.15) is 0 Å². The molecule has 0 aromatic rings. The molecule has 2 atom stereocenters. The molecule has 1 aliphatic carbocycles. The minimum Gasteiger partial charge on any atom is -0.362 e. The van der Waals surface area contributed by atoms with Gasteiger partial charge >= 0.3 is 0 Å². The summed E-state index contributed by atoms with van der Waals surface area (Å²) in [7, 11) is 0. The van der Waals surface area contributed by atoms with Crippen molar-refractivity contribution in [1.82, 2.24) is 5.32 Å². The maximum absolute atomic E-state index is 4.20. The summed E-state index contributed by atoms with van der Waals surface area (Å²) in [6.07, 6.45) is 8.12. The maximum Gasteiger partial charge on any atom is 0.164 e. The zero-order chi connectivity index (χ0) is 6.10. The Hall–Kier alpha value is -0.530. The molecule has 1 radical (unpaired) electrons. The topological polar surface area (TPSA) is 24.4 Å². The van der Waals surface area contributed by atoms with Crippen molar-refractivity contribution in [2.75, 3.05) is 0 Å². The summed E-state index contributed by atoms with van der Waals surface area (Å²) in [6.45, 7) is 0. The van der Waals surface area contributed by atoms with E-state index in [9.17, 15) is 0 Å². The summed E-state index contributed by atoms with van der Waals surface area (Å²) < 4.78 is 0. The molecule has 0 bridgehead atoms. The second kappa shape index (κ2) is 2.01. The molecular formula is C7H11N2. The highest BCUT2D eigenvalue weighted by Gasteiger charge is 2.26. The number of rotatable bonds is 0. The maximum atomic E-state index is 4.20. The number of nitrogens with zero attached hydrogens (tertiary/aromatic N) is 1. The molecule has 2 nitrogen and oxygen atoms in total. The summed E-state index contributed by atoms with van der Waals surface area (Å²) >= 11 is 0. The van der Waals surface area contributed by atoms with Gasteiger partial charge in [0, 0.05) is 0 Å². The summed E-state index contributed by atoms with van der Waals surface area (Å²) in [5.41, 5.74) is 0. The average Bonchev–Trinajstić information content (AvgIpc) is 2.33. The van der Waals surface area contributed by atoms with Crippen LogP contribution in [0, 0.1) is 0 Å². The monoisotopic (exact) mass is 123 g/mol. The van der Waals surface area contributed by atoms with Crippen LogP contribution in [0.2, 0.25) is 0 Å². The molecule has 0 aromatic carbocycles. The van der Waals surface area contributed by atoms with Crippen molar-refractivity contribution in [2.45, 2.75) is 37.8 Å². The molecule has 1 saturated carbocycles. The van der Waals surface area contributed by atoms with Crippen LogP contribution in [0.1, 0.15) is 25.7 Å². The van der Waals surface area contributed by atoms with Crippen LogP contribution >= 0.6 is 0 Å². The van der Waals surface area contributed by atoms with E-state index in [2.05, 4.69) is 16.6 Å². The minimum absolute atomic E-state index is 0.568. The van der Waals surface area contributed by atoms with Crippen molar-refractivity contribution < 1.29 is 0 Å². The third-order valence-electron chi connectivity index (χ3n) is 2.21. The summed E-state index contributed by atoms with van der Waals surface area (Å²) in [5, 5.41) is 3.14. The van der Waals surface area contributed by atoms with Gasteiger partial charge < -0.3 is 5.32 Å². The molecule has 1 heterocycles. The third-order valence-corrected chi connectivity index (χ3v) is 2.21. The largest absolute Gasteiger partial charge is 0.362 e. The Balaban J connectivity index is 2.03. The number of fused-ring (bicyclic) bond motifs is 1. The fraction of sp³-hybridized carbons (Fsp3) is 0.857. The molecule has 2 heteroatoms. The van der Waals surface area contributed by atoms with Crippen molar-refractivity contribution in [3.05, 3.63) is 0 Å². The quantitative estimate of drug-likeness (QED) is 0.506. The SMILES string of the molecule is [C]1=NC2CCCCC2N1. The first-order chi connectivity index (χ1) is 4.47. The molecule has 1 fully saturated rings. The second-order valence-electron chi connectivity index (χ2n) is 2.84. The molecule has 1 N–H and O–H groups in total. The predicted octanol–water partition coefficient (Wildman–Crippen LogP) is 0.806. The van der Waals surface area contributed by atoms with Crippen LogP contribution in [0.25, 0.3) is 0 Å². The Morgan fingerprint density at radius 1 is 1.33 bits per heavy atom. The van der Waals surface area contributed by atoms with Crippen molar-refractivity contribution in [1.29, 1.82) is 0 Å². The number of hydrogen-bond acceptors (Lipinski definition) is 2. The van der Waals surface area contributed by atoms with E-state index in [0.717, 1.165) is 0 Å². The van der Waals surface area contributed by atoms with E-state index >= 15 is 0 Å². The Morgan fingerprint density at radius 2 is 2.22 bits per heavy atom. The number of nitrogens with one attached hydrogen (secondary N) is 1. The number of aliphatic imine (C=N–C) groups is 1. The normalized spacial score (nSPS) is 40.0. The van der Waals surface area contributed by atoms with Gasteiger partial charge in [0.15, 0.2) is 6.34 Å². The lowest BCUT2D eigenvalue weighted by molar-refractivity contribution is 0.385. The fourth-order valence-corrected chi connectivity index (χ4v) is 1.64. The molecule has 9 heavy (non-hydrogen) atoms. The third kappa shape index (κ3) is 0.824. The first-order valence-corrected chi connectivity index (χ1v) is 3.67. The van der Waals surface area contributed by atoms with E-state index < -0.39 is 0 Å². The van der Waals surface area contributed by atoms with Gasteiger partial charge in [0.2, 0.25) is 0 Å². The second-order valence-corrected chi connectivity index (χ2v) is 2.84. The van der Waals surface area contributed by atoms with Crippen LogP contribution in [0.15, 0.2) is 4.99 Å². The molecule has 1 aliphatic heterocycles. The fourth-order valence-electron chi connectivity index (χ4n) is 1.64. The van der Waals surface area contributed by atoms with E-state index in [4.69, 9.17) is 0 Å². The van der Waals surface area contributed by atoms with Crippen LogP contribution in [0.5, 0.6) is 0 Å². The van der Waals surface area contributed by atoms with Crippen LogP contribution in [-0.2, 0) is 0 Å². The average molecular weight is 123 g/mol. The van der Waals surface area contributed by atoms with E-state index in [0.29, 0.717) is 12.1 Å². The number of hydrogen-bond donors (Lipinski definition) is 1. The summed E-state index contributed by atoms with van der Waals surface area (Å²) in [6, 6.07) is 1.21. The Kier molecular flexibility index (Phi) is 1.18. The highest BCUT2D eigenvalue weighted by molar-refractivity contribution is 5.58. The molecule has 2 unspecified atom stereocenters. The molecular weight excluding hydrogens is 112 g/mol. The Morgan fingerprint density at radius 3 is 3.11 bits per heavy atom. The predicted molar refractivity (Wildman–Crippen MR) is 36.6 cm³/mol. The molecule has 49 valence electrons. The highest BCUT2D eigenvalue weighted by Crippen LogP contribution is 2.22. The van der Waals surface area contributed by atoms with Crippen LogP contribution < -0.4 is 5.32 Å². The Bertz CT molecular complexity index is 131. The minimum atomic E-state index is 0.568. The van der Waals surface area contributed by atoms with E-state index in [-0.39, 0.29) is 0 Å². The summed E-state index contributed by atoms with van der Waals surface area (Å²) in [5.74, 6) is 0. The lowest BCUT2D eigenvalue weighted by Crippen LogP contribution is -2.34. The molecule has 0 saturated heterocycles. The van der Waals surface area contributed by atoms with Crippen molar-refractivity contribution in [3.63, 3.8) is 0 Å². The van der Waals surface area contributed by atoms with Gasteiger partial charge in [-0.05, 0) is 12.8 Å². The molecule has 2 aliphatic rings. The van der Waals surface area contributed by atoms with Gasteiger partial charge in [0.25, 0.3) is 0 Å². The smallest absolute Gasteiger partial charge is 0.164 e. The van der Waals surface area contributed by atoms with Gasteiger partial charge in [0.1, 0.15) is 0 Å². The summed E-state index contributed by atoms with van der Waals surface area (Å²) in [4.78, 5) is 4.20. The van der Waals surface area contributed by atoms with Gasteiger partial charge in [-0.1, -0.05) is 12.8 Å². The zero-order valence-corrected chi connectivity index (χ0v) is 5.43. The van der Waals surface area contributed by atoms with Crippen LogP contribution in [0.3, 0.4) is 0 Å². The van der Waals surface area contributed by atoms with Crippen molar-refractivity contribution >= 4 is 6.34 Å². The zero-order valence-electron chi connectivity index (χ0n) is 5.43. The van der Waals surface area contributed by atoms with Crippen molar-refractivity contribution in [2.24, 2.45) is 4.99 Å². The van der Waals surface area contributed by atoms with Crippen LogP contribution in [0.4, 0.5) is 0 Å².